The molecule has 0 aliphatic carbocycles. The van der Waals surface area contributed by atoms with E-state index in [1.807, 2.05) is 18.2 Å². The summed E-state index contributed by atoms with van der Waals surface area (Å²) in [5.74, 6) is 1.16. The highest BCUT2D eigenvalue weighted by atomic mass is 16.5. The monoisotopic (exact) mass is 271 g/mol. The molecule has 0 aliphatic rings. The van der Waals surface area contributed by atoms with Crippen LogP contribution in [0, 0.1) is 5.92 Å². The molecule has 0 spiro atoms. The zero-order chi connectivity index (χ0) is 14.3. The van der Waals surface area contributed by atoms with Crippen LogP contribution in [0.25, 0.3) is 21.9 Å². The highest BCUT2D eigenvalue weighted by Crippen LogP contribution is 2.25. The van der Waals surface area contributed by atoms with Crippen molar-refractivity contribution < 1.29 is 4.74 Å². The first-order valence-corrected chi connectivity index (χ1v) is 6.65. The lowest BCUT2D eigenvalue weighted by Gasteiger charge is -2.07. The molecule has 0 saturated carbocycles. The molecule has 1 N–H and O–H groups in total. The van der Waals surface area contributed by atoms with E-state index < -0.39 is 0 Å². The van der Waals surface area contributed by atoms with Crippen LogP contribution in [0.4, 0.5) is 0 Å². The first-order chi connectivity index (χ1) is 9.60. The van der Waals surface area contributed by atoms with Crippen molar-refractivity contribution >= 4 is 21.9 Å². The smallest absolute Gasteiger partial charge is 0.277 e. The van der Waals surface area contributed by atoms with Gasteiger partial charge in [0, 0.05) is 18.0 Å². The van der Waals surface area contributed by atoms with Gasteiger partial charge in [-0.1, -0.05) is 13.8 Å². The molecule has 2 aromatic heterocycles. The number of ether oxygens (including phenoxy) is 1. The number of nitrogens with zero attached hydrogens (tertiary/aromatic N) is 2. The van der Waals surface area contributed by atoms with Crippen molar-refractivity contribution in [2.24, 2.45) is 5.92 Å². The molecule has 0 atom stereocenters. The van der Waals surface area contributed by atoms with Gasteiger partial charge < -0.3 is 9.72 Å². The second-order valence-electron chi connectivity index (χ2n) is 5.36. The van der Waals surface area contributed by atoms with Gasteiger partial charge in [-0.2, -0.15) is 0 Å². The number of methoxy groups -OCH3 is 1. The molecule has 3 rings (SSSR count). The number of H-pyrrole nitrogens is 1. The third-order valence-corrected chi connectivity index (χ3v) is 3.34. The largest absolute Gasteiger partial charge is 0.497 e. The summed E-state index contributed by atoms with van der Waals surface area (Å²) in [5, 5.41) is 0.939. The summed E-state index contributed by atoms with van der Waals surface area (Å²) < 4.78 is 6.85. The molecule has 1 aromatic carbocycles. The Morgan fingerprint density at radius 3 is 2.90 bits per heavy atom. The van der Waals surface area contributed by atoms with Crippen LogP contribution in [0.15, 0.2) is 29.3 Å². The van der Waals surface area contributed by atoms with E-state index in [0.29, 0.717) is 23.5 Å². The summed E-state index contributed by atoms with van der Waals surface area (Å²) >= 11 is 0. The topological polar surface area (TPSA) is 59.9 Å². The SMILES string of the molecule is COc1ccc2c(c1)[nH]c1c(=O)n(CC(C)C)cnc12. The molecule has 0 aliphatic heterocycles. The summed E-state index contributed by atoms with van der Waals surface area (Å²) in [4.78, 5) is 20.0. The van der Waals surface area contributed by atoms with E-state index in [1.54, 1.807) is 18.0 Å². The van der Waals surface area contributed by atoms with E-state index in [2.05, 4.69) is 23.8 Å². The summed E-state index contributed by atoms with van der Waals surface area (Å²) in [6.07, 6.45) is 1.63. The molecular formula is C15H17N3O2. The fourth-order valence-corrected chi connectivity index (χ4v) is 2.42. The predicted octanol–water partition coefficient (Wildman–Crippen LogP) is 2.54. The molecule has 0 bridgehead atoms. The zero-order valence-corrected chi connectivity index (χ0v) is 11.8. The number of benzene rings is 1. The number of rotatable bonds is 3. The van der Waals surface area contributed by atoms with Gasteiger partial charge in [0.25, 0.3) is 5.56 Å². The third-order valence-electron chi connectivity index (χ3n) is 3.34. The summed E-state index contributed by atoms with van der Waals surface area (Å²) in [5.41, 5.74) is 2.11. The fourth-order valence-electron chi connectivity index (χ4n) is 2.42. The van der Waals surface area contributed by atoms with Crippen LogP contribution < -0.4 is 10.3 Å². The van der Waals surface area contributed by atoms with Gasteiger partial charge in [0.2, 0.25) is 0 Å². The quantitative estimate of drug-likeness (QED) is 0.796. The average Bonchev–Trinajstić information content (AvgIpc) is 2.80. The van der Waals surface area contributed by atoms with Gasteiger partial charge in [0.1, 0.15) is 16.8 Å². The Bertz CT molecular complexity index is 830. The minimum absolute atomic E-state index is 0.0288. The standard InChI is InChI=1S/C15H17N3O2/c1-9(2)7-18-8-16-13-11-5-4-10(20-3)6-12(11)17-14(13)15(18)19/h4-6,8-9,17H,7H2,1-3H3. The van der Waals surface area contributed by atoms with Gasteiger partial charge in [-0.25, -0.2) is 4.98 Å². The van der Waals surface area contributed by atoms with Crippen molar-refractivity contribution in [2.45, 2.75) is 20.4 Å². The molecule has 5 nitrogen and oxygen atoms in total. The Labute approximate surface area is 116 Å². The van der Waals surface area contributed by atoms with Crippen molar-refractivity contribution in [1.82, 2.24) is 14.5 Å². The minimum atomic E-state index is -0.0288. The first-order valence-electron chi connectivity index (χ1n) is 6.65. The van der Waals surface area contributed by atoms with Gasteiger partial charge in [-0.3, -0.25) is 9.36 Å². The molecular weight excluding hydrogens is 254 g/mol. The number of fused-ring (bicyclic) bond motifs is 3. The molecule has 0 radical (unpaired) electrons. The number of aromatic nitrogens is 3. The Balaban J connectivity index is 2.27. The molecule has 0 fully saturated rings. The molecule has 2 heterocycles. The third kappa shape index (κ3) is 1.95. The molecule has 3 aromatic rings. The number of nitrogens with one attached hydrogen (secondary N) is 1. The van der Waals surface area contributed by atoms with Gasteiger partial charge in [0.05, 0.1) is 19.0 Å². The van der Waals surface area contributed by atoms with Crippen molar-refractivity contribution in [3.8, 4) is 5.75 Å². The second-order valence-corrected chi connectivity index (χ2v) is 5.36. The number of hydrogen-bond donors (Lipinski definition) is 1. The van der Waals surface area contributed by atoms with E-state index >= 15 is 0 Å². The van der Waals surface area contributed by atoms with E-state index in [-0.39, 0.29) is 5.56 Å². The predicted molar refractivity (Wildman–Crippen MR) is 79.2 cm³/mol. The Hall–Kier alpha value is -2.30. The average molecular weight is 271 g/mol. The van der Waals surface area contributed by atoms with Crippen LogP contribution in [-0.2, 0) is 6.54 Å². The lowest BCUT2D eigenvalue weighted by molar-refractivity contribution is 0.415. The second kappa shape index (κ2) is 4.67. The molecule has 0 amide bonds. The van der Waals surface area contributed by atoms with Gasteiger partial charge in [-0.05, 0) is 18.1 Å². The van der Waals surface area contributed by atoms with Crippen molar-refractivity contribution in [2.75, 3.05) is 7.11 Å². The fraction of sp³-hybridized carbons (Fsp3) is 0.333. The van der Waals surface area contributed by atoms with Crippen LogP contribution in [-0.4, -0.2) is 21.6 Å². The van der Waals surface area contributed by atoms with Gasteiger partial charge in [0.15, 0.2) is 0 Å². The highest BCUT2D eigenvalue weighted by molar-refractivity contribution is 6.04. The van der Waals surface area contributed by atoms with Crippen LogP contribution in [0.2, 0.25) is 0 Å². The van der Waals surface area contributed by atoms with Gasteiger partial charge in [-0.15, -0.1) is 0 Å². The van der Waals surface area contributed by atoms with Crippen molar-refractivity contribution in [1.29, 1.82) is 0 Å². The lowest BCUT2D eigenvalue weighted by atomic mass is 10.2. The Morgan fingerprint density at radius 2 is 2.20 bits per heavy atom. The summed E-state index contributed by atoms with van der Waals surface area (Å²) in [7, 11) is 1.62. The van der Waals surface area contributed by atoms with E-state index in [4.69, 9.17) is 4.74 Å². The molecule has 0 unspecified atom stereocenters. The summed E-state index contributed by atoms with van der Waals surface area (Å²) in [6, 6.07) is 5.67. The minimum Gasteiger partial charge on any atom is -0.497 e. The number of hydrogen-bond acceptors (Lipinski definition) is 3. The van der Waals surface area contributed by atoms with Crippen LogP contribution in [0.3, 0.4) is 0 Å². The number of aromatic amines is 1. The van der Waals surface area contributed by atoms with E-state index in [0.717, 1.165) is 16.7 Å². The normalized spacial score (nSPS) is 11.6. The maximum absolute atomic E-state index is 12.4. The molecule has 0 saturated heterocycles. The molecule has 104 valence electrons. The first kappa shape index (κ1) is 12.7. The molecule has 20 heavy (non-hydrogen) atoms. The van der Waals surface area contributed by atoms with Crippen LogP contribution in [0.5, 0.6) is 5.75 Å². The highest BCUT2D eigenvalue weighted by Gasteiger charge is 2.11. The molecule has 5 heteroatoms. The maximum atomic E-state index is 12.4. The van der Waals surface area contributed by atoms with E-state index in [9.17, 15) is 4.79 Å². The Morgan fingerprint density at radius 1 is 1.40 bits per heavy atom. The zero-order valence-electron chi connectivity index (χ0n) is 11.8. The van der Waals surface area contributed by atoms with Crippen molar-refractivity contribution in [3.63, 3.8) is 0 Å². The summed E-state index contributed by atoms with van der Waals surface area (Å²) in [6.45, 7) is 4.82. The van der Waals surface area contributed by atoms with Crippen LogP contribution in [0.1, 0.15) is 13.8 Å². The van der Waals surface area contributed by atoms with Crippen molar-refractivity contribution in [3.05, 3.63) is 34.9 Å². The van der Waals surface area contributed by atoms with E-state index in [1.165, 1.54) is 0 Å². The van der Waals surface area contributed by atoms with Gasteiger partial charge >= 0.3 is 0 Å². The lowest BCUT2D eigenvalue weighted by Crippen LogP contribution is -2.22. The van der Waals surface area contributed by atoms with Crippen LogP contribution >= 0.6 is 0 Å². The maximum Gasteiger partial charge on any atom is 0.277 e. The Kier molecular flexibility index (Phi) is 2.97.